The van der Waals surface area contributed by atoms with Gasteiger partial charge in [0, 0.05) is 6.42 Å². The molecule has 0 bridgehead atoms. The highest BCUT2D eigenvalue weighted by Crippen LogP contribution is 2.32. The first kappa shape index (κ1) is 16.4. The van der Waals surface area contributed by atoms with Gasteiger partial charge in [0.1, 0.15) is 0 Å². The summed E-state index contributed by atoms with van der Waals surface area (Å²) in [4.78, 5) is 12.8. The van der Waals surface area contributed by atoms with Gasteiger partial charge in [-0.2, -0.15) is 0 Å². The van der Waals surface area contributed by atoms with E-state index in [1.807, 2.05) is 60.7 Å². The maximum atomic E-state index is 12.8. The maximum Gasteiger partial charge on any atom is 0.173 e. The zero-order chi connectivity index (χ0) is 15.8. The normalized spacial score (nSPS) is 11.4. The molecule has 0 unspecified atom stereocenters. The second-order valence-electron chi connectivity index (χ2n) is 5.68. The molecule has 22 heavy (non-hydrogen) atoms. The lowest BCUT2D eigenvalue weighted by Crippen LogP contribution is -2.36. The predicted molar refractivity (Wildman–Crippen MR) is 89.6 cm³/mol. The van der Waals surface area contributed by atoms with Gasteiger partial charge < -0.3 is 5.11 Å². The van der Waals surface area contributed by atoms with Crippen LogP contribution in [0.2, 0.25) is 0 Å². The number of aliphatic hydroxyl groups is 1. The van der Waals surface area contributed by atoms with Gasteiger partial charge in [0.05, 0.1) is 0 Å². The molecule has 0 saturated carbocycles. The van der Waals surface area contributed by atoms with E-state index in [4.69, 9.17) is 0 Å². The van der Waals surface area contributed by atoms with Crippen LogP contribution in [-0.4, -0.2) is 10.9 Å². The van der Waals surface area contributed by atoms with Gasteiger partial charge in [-0.25, -0.2) is 0 Å². The van der Waals surface area contributed by atoms with E-state index in [0.29, 0.717) is 17.5 Å². The largest absolute Gasteiger partial charge is 0.373 e. The molecule has 0 radical (unpaired) electrons. The van der Waals surface area contributed by atoms with Crippen LogP contribution in [0.4, 0.5) is 0 Å². The van der Waals surface area contributed by atoms with Crippen molar-refractivity contribution in [1.29, 1.82) is 0 Å². The molecular formula is C20H24O2. The molecule has 2 nitrogen and oxygen atoms in total. The van der Waals surface area contributed by atoms with Crippen LogP contribution >= 0.6 is 0 Å². The minimum Gasteiger partial charge on any atom is -0.373 e. The minimum absolute atomic E-state index is 0.124. The van der Waals surface area contributed by atoms with E-state index < -0.39 is 5.60 Å². The molecule has 1 N–H and O–H groups in total. The average molecular weight is 296 g/mol. The lowest BCUT2D eigenvalue weighted by molar-refractivity contribution is -0.134. The fourth-order valence-electron chi connectivity index (χ4n) is 2.74. The smallest absolute Gasteiger partial charge is 0.173 e. The molecule has 0 aliphatic carbocycles. The molecule has 0 amide bonds. The first-order chi connectivity index (χ1) is 10.7. The van der Waals surface area contributed by atoms with Crippen molar-refractivity contribution < 1.29 is 9.90 Å². The summed E-state index contributed by atoms with van der Waals surface area (Å²) in [6.45, 7) is 2.14. The maximum absolute atomic E-state index is 12.8. The Balaban J connectivity index is 2.28. The van der Waals surface area contributed by atoms with Crippen molar-refractivity contribution in [2.45, 2.75) is 44.6 Å². The number of benzene rings is 2. The Hall–Kier alpha value is -1.93. The number of carbonyl (C=O) groups is 1. The van der Waals surface area contributed by atoms with Crippen LogP contribution < -0.4 is 0 Å². The summed E-state index contributed by atoms with van der Waals surface area (Å²) < 4.78 is 0. The Kier molecular flexibility index (Phi) is 5.91. The highest BCUT2D eigenvalue weighted by molar-refractivity contribution is 5.91. The Labute approximate surface area is 132 Å². The molecule has 0 aliphatic heterocycles. The number of rotatable bonds is 8. The molecule has 2 aromatic rings. The number of hydrogen-bond donors (Lipinski definition) is 1. The van der Waals surface area contributed by atoms with Crippen LogP contribution in [0.1, 0.15) is 50.2 Å². The van der Waals surface area contributed by atoms with Crippen LogP contribution in [0.3, 0.4) is 0 Å². The van der Waals surface area contributed by atoms with Crippen molar-refractivity contribution in [2.75, 3.05) is 0 Å². The molecule has 0 saturated heterocycles. The number of Topliss-reactive ketones (excluding diaryl/α,β-unsaturated/α-hetero) is 1. The average Bonchev–Trinajstić information content (AvgIpc) is 2.59. The minimum atomic E-state index is -1.55. The second kappa shape index (κ2) is 7.90. The van der Waals surface area contributed by atoms with Gasteiger partial charge in [0.25, 0.3) is 0 Å². The van der Waals surface area contributed by atoms with Gasteiger partial charge in [0.15, 0.2) is 11.4 Å². The van der Waals surface area contributed by atoms with Gasteiger partial charge in [-0.15, -0.1) is 0 Å². The van der Waals surface area contributed by atoms with Crippen molar-refractivity contribution in [3.05, 3.63) is 71.8 Å². The molecular weight excluding hydrogens is 272 g/mol. The van der Waals surface area contributed by atoms with Gasteiger partial charge in [0.2, 0.25) is 0 Å². The summed E-state index contributed by atoms with van der Waals surface area (Å²) in [5.41, 5.74) is -0.266. The number of ketones is 1. The van der Waals surface area contributed by atoms with Crippen molar-refractivity contribution in [3.8, 4) is 0 Å². The molecule has 2 rings (SSSR count). The summed E-state index contributed by atoms with van der Waals surface area (Å²) in [5.74, 6) is -0.124. The SMILES string of the molecule is CCCCCCC(=O)C(O)(c1ccccc1)c1ccccc1. The molecule has 116 valence electrons. The Bertz CT molecular complexity index is 536. The lowest BCUT2D eigenvalue weighted by atomic mass is 9.81. The Morgan fingerprint density at radius 1 is 0.864 bits per heavy atom. The molecule has 0 aromatic heterocycles. The first-order valence-electron chi connectivity index (χ1n) is 8.06. The third kappa shape index (κ3) is 3.63. The number of hydrogen-bond acceptors (Lipinski definition) is 2. The molecule has 0 fully saturated rings. The van der Waals surface area contributed by atoms with E-state index in [9.17, 15) is 9.90 Å². The van der Waals surface area contributed by atoms with Crippen LogP contribution in [0.25, 0.3) is 0 Å². The van der Waals surface area contributed by atoms with E-state index in [1.54, 1.807) is 0 Å². The molecule has 2 heteroatoms. The standard InChI is InChI=1S/C20H24O2/c1-2-3-4-11-16-19(21)20(22,17-12-7-5-8-13-17)18-14-9-6-10-15-18/h5-10,12-15,22H,2-4,11,16H2,1H3. The summed E-state index contributed by atoms with van der Waals surface area (Å²) in [5, 5.41) is 11.2. The Morgan fingerprint density at radius 2 is 1.36 bits per heavy atom. The van der Waals surface area contributed by atoms with Crippen molar-refractivity contribution in [2.24, 2.45) is 0 Å². The zero-order valence-corrected chi connectivity index (χ0v) is 13.2. The molecule has 2 aromatic carbocycles. The number of carbonyl (C=O) groups excluding carboxylic acids is 1. The quantitative estimate of drug-likeness (QED) is 0.730. The van der Waals surface area contributed by atoms with Crippen molar-refractivity contribution in [1.82, 2.24) is 0 Å². The highest BCUT2D eigenvalue weighted by atomic mass is 16.3. The highest BCUT2D eigenvalue weighted by Gasteiger charge is 2.38. The first-order valence-corrected chi connectivity index (χ1v) is 8.06. The third-order valence-corrected chi connectivity index (χ3v) is 4.04. The summed E-state index contributed by atoms with van der Waals surface area (Å²) in [6.07, 6.45) is 4.52. The molecule has 0 spiro atoms. The zero-order valence-electron chi connectivity index (χ0n) is 13.2. The van der Waals surface area contributed by atoms with Crippen LogP contribution in [-0.2, 0) is 10.4 Å². The van der Waals surface area contributed by atoms with Crippen LogP contribution in [0, 0.1) is 0 Å². The molecule has 0 atom stereocenters. The summed E-state index contributed by atoms with van der Waals surface area (Å²) in [6, 6.07) is 18.5. The van der Waals surface area contributed by atoms with E-state index in [2.05, 4.69) is 6.92 Å². The molecule has 0 heterocycles. The summed E-state index contributed by atoms with van der Waals surface area (Å²) >= 11 is 0. The third-order valence-electron chi connectivity index (χ3n) is 4.04. The Morgan fingerprint density at radius 3 is 1.82 bits per heavy atom. The topological polar surface area (TPSA) is 37.3 Å². The van der Waals surface area contributed by atoms with Crippen LogP contribution in [0.5, 0.6) is 0 Å². The van der Waals surface area contributed by atoms with Gasteiger partial charge in [-0.1, -0.05) is 86.8 Å². The summed E-state index contributed by atoms with van der Waals surface area (Å²) in [7, 11) is 0. The monoisotopic (exact) mass is 296 g/mol. The van der Waals surface area contributed by atoms with Crippen LogP contribution in [0.15, 0.2) is 60.7 Å². The van der Waals surface area contributed by atoms with E-state index in [0.717, 1.165) is 25.7 Å². The van der Waals surface area contributed by atoms with E-state index >= 15 is 0 Å². The fourth-order valence-corrected chi connectivity index (χ4v) is 2.74. The number of unbranched alkanes of at least 4 members (excludes halogenated alkanes) is 3. The van der Waals surface area contributed by atoms with Crippen molar-refractivity contribution in [3.63, 3.8) is 0 Å². The molecule has 0 aliphatic rings. The van der Waals surface area contributed by atoms with E-state index in [-0.39, 0.29) is 5.78 Å². The lowest BCUT2D eigenvalue weighted by Gasteiger charge is -2.28. The van der Waals surface area contributed by atoms with Gasteiger partial charge in [-0.05, 0) is 17.5 Å². The van der Waals surface area contributed by atoms with Gasteiger partial charge in [-0.3, -0.25) is 4.79 Å². The van der Waals surface area contributed by atoms with Crippen molar-refractivity contribution >= 4 is 5.78 Å². The second-order valence-corrected chi connectivity index (χ2v) is 5.68. The fraction of sp³-hybridized carbons (Fsp3) is 0.350. The van der Waals surface area contributed by atoms with Gasteiger partial charge >= 0.3 is 0 Å². The van der Waals surface area contributed by atoms with E-state index in [1.165, 1.54) is 0 Å². The predicted octanol–water partition coefficient (Wildman–Crippen LogP) is 4.46.